The second-order valence-electron chi connectivity index (χ2n) is 6.57. The first-order valence-corrected chi connectivity index (χ1v) is 8.98. The van der Waals surface area contributed by atoms with Crippen molar-refractivity contribution in [2.24, 2.45) is 5.92 Å². The molecule has 2 unspecified atom stereocenters. The van der Waals surface area contributed by atoms with Crippen molar-refractivity contribution in [3.05, 3.63) is 35.0 Å². The summed E-state index contributed by atoms with van der Waals surface area (Å²) in [7, 11) is 0. The smallest absolute Gasteiger partial charge is 0.119 e. The molecule has 2 saturated heterocycles. The summed E-state index contributed by atoms with van der Waals surface area (Å²) in [6, 6.07) is 4.32. The standard InChI is InChI=1S/C16H22N4O2S/c1-2-15(23-5-1)8-19-3-4-21-11-16(10-19)6-14(9-22-16)7-20-12-17-18-13-20/h1-2,5,12-14H,3-4,6-11H2. The van der Waals surface area contributed by atoms with Crippen LogP contribution in [0.4, 0.5) is 0 Å². The Balaban J connectivity index is 1.40. The largest absolute Gasteiger partial charge is 0.377 e. The molecule has 2 aromatic rings. The molecule has 2 atom stereocenters. The number of rotatable bonds is 4. The summed E-state index contributed by atoms with van der Waals surface area (Å²) >= 11 is 1.82. The Morgan fingerprint density at radius 1 is 1.35 bits per heavy atom. The van der Waals surface area contributed by atoms with E-state index in [1.807, 2.05) is 15.9 Å². The summed E-state index contributed by atoms with van der Waals surface area (Å²) in [5, 5.41) is 9.89. The van der Waals surface area contributed by atoms with Gasteiger partial charge in [0, 0.05) is 37.0 Å². The summed E-state index contributed by atoms with van der Waals surface area (Å²) in [5.41, 5.74) is -0.160. The number of hydrogen-bond acceptors (Lipinski definition) is 6. The fraction of sp³-hybridized carbons (Fsp3) is 0.625. The van der Waals surface area contributed by atoms with E-state index in [4.69, 9.17) is 9.47 Å². The monoisotopic (exact) mass is 334 g/mol. The molecule has 2 aliphatic heterocycles. The molecule has 124 valence electrons. The van der Waals surface area contributed by atoms with Crippen LogP contribution >= 0.6 is 11.3 Å². The molecule has 0 aliphatic carbocycles. The van der Waals surface area contributed by atoms with Gasteiger partial charge in [-0.3, -0.25) is 4.90 Å². The lowest BCUT2D eigenvalue weighted by atomic mass is 9.94. The van der Waals surface area contributed by atoms with Crippen LogP contribution in [0.1, 0.15) is 11.3 Å². The van der Waals surface area contributed by atoms with Gasteiger partial charge in [-0.1, -0.05) is 6.07 Å². The van der Waals surface area contributed by atoms with E-state index in [-0.39, 0.29) is 5.60 Å². The molecule has 0 bridgehead atoms. The first-order chi connectivity index (χ1) is 11.3. The highest BCUT2D eigenvalue weighted by atomic mass is 32.1. The summed E-state index contributed by atoms with van der Waals surface area (Å²) in [4.78, 5) is 3.88. The van der Waals surface area contributed by atoms with Crippen molar-refractivity contribution in [3.63, 3.8) is 0 Å². The summed E-state index contributed by atoms with van der Waals surface area (Å²) < 4.78 is 14.2. The van der Waals surface area contributed by atoms with Crippen LogP contribution in [0.5, 0.6) is 0 Å². The molecular weight excluding hydrogens is 312 g/mol. The predicted octanol–water partition coefficient (Wildman–Crippen LogP) is 1.65. The van der Waals surface area contributed by atoms with Crippen molar-refractivity contribution in [1.29, 1.82) is 0 Å². The highest BCUT2D eigenvalue weighted by Crippen LogP contribution is 2.34. The van der Waals surface area contributed by atoms with E-state index in [1.54, 1.807) is 12.7 Å². The van der Waals surface area contributed by atoms with Gasteiger partial charge in [-0.15, -0.1) is 21.5 Å². The molecule has 4 rings (SSSR count). The van der Waals surface area contributed by atoms with Crippen LogP contribution < -0.4 is 0 Å². The molecule has 0 radical (unpaired) electrons. The van der Waals surface area contributed by atoms with E-state index in [1.165, 1.54) is 4.88 Å². The van der Waals surface area contributed by atoms with Crippen molar-refractivity contribution in [3.8, 4) is 0 Å². The van der Waals surface area contributed by atoms with E-state index in [9.17, 15) is 0 Å². The van der Waals surface area contributed by atoms with Crippen molar-refractivity contribution < 1.29 is 9.47 Å². The zero-order chi connectivity index (χ0) is 15.5. The van der Waals surface area contributed by atoms with Crippen LogP contribution in [-0.2, 0) is 22.6 Å². The lowest BCUT2D eigenvalue weighted by molar-refractivity contribution is -0.0562. The Bertz CT molecular complexity index is 604. The van der Waals surface area contributed by atoms with Crippen LogP contribution in [0.2, 0.25) is 0 Å². The summed E-state index contributed by atoms with van der Waals surface area (Å²) in [6.07, 6.45) is 4.58. The Hall–Kier alpha value is -1.28. The average molecular weight is 334 g/mol. The molecule has 2 fully saturated rings. The molecule has 4 heterocycles. The van der Waals surface area contributed by atoms with E-state index in [2.05, 4.69) is 32.6 Å². The third kappa shape index (κ3) is 3.63. The SMILES string of the molecule is c1csc(CN2CCOCC3(CC(Cn4cnnc4)CO3)C2)c1. The molecule has 2 aromatic heterocycles. The average Bonchev–Trinajstić information content (AvgIpc) is 3.25. The van der Waals surface area contributed by atoms with Gasteiger partial charge in [0.05, 0.1) is 19.8 Å². The van der Waals surface area contributed by atoms with Gasteiger partial charge >= 0.3 is 0 Å². The van der Waals surface area contributed by atoms with Gasteiger partial charge in [0.2, 0.25) is 0 Å². The van der Waals surface area contributed by atoms with Gasteiger partial charge < -0.3 is 14.0 Å². The molecular formula is C16H22N4O2S. The van der Waals surface area contributed by atoms with Gasteiger partial charge in [0.1, 0.15) is 18.3 Å². The van der Waals surface area contributed by atoms with Gasteiger partial charge in [-0.2, -0.15) is 0 Å². The zero-order valence-electron chi connectivity index (χ0n) is 13.1. The Kier molecular flexibility index (Phi) is 4.43. The molecule has 7 heteroatoms. The van der Waals surface area contributed by atoms with Gasteiger partial charge in [-0.25, -0.2) is 0 Å². The maximum atomic E-state index is 6.25. The van der Waals surface area contributed by atoms with Gasteiger partial charge in [0.25, 0.3) is 0 Å². The molecule has 0 saturated carbocycles. The number of nitrogens with zero attached hydrogens (tertiary/aromatic N) is 4. The van der Waals surface area contributed by atoms with Crippen molar-refractivity contribution >= 4 is 11.3 Å². The Morgan fingerprint density at radius 2 is 2.26 bits per heavy atom. The number of aromatic nitrogens is 3. The van der Waals surface area contributed by atoms with Crippen LogP contribution in [0.15, 0.2) is 30.2 Å². The van der Waals surface area contributed by atoms with Crippen LogP contribution in [0.3, 0.4) is 0 Å². The first kappa shape index (κ1) is 15.3. The molecule has 6 nitrogen and oxygen atoms in total. The predicted molar refractivity (Wildman–Crippen MR) is 87.2 cm³/mol. The lowest BCUT2D eigenvalue weighted by Gasteiger charge is -2.31. The van der Waals surface area contributed by atoms with E-state index >= 15 is 0 Å². The number of thiophene rings is 1. The van der Waals surface area contributed by atoms with E-state index in [0.29, 0.717) is 12.5 Å². The third-order valence-electron chi connectivity index (χ3n) is 4.61. The van der Waals surface area contributed by atoms with Crippen LogP contribution in [0, 0.1) is 5.92 Å². The summed E-state index contributed by atoms with van der Waals surface area (Å²) in [5.74, 6) is 0.497. The van der Waals surface area contributed by atoms with Gasteiger partial charge in [-0.05, 0) is 17.9 Å². The van der Waals surface area contributed by atoms with E-state index in [0.717, 1.165) is 45.8 Å². The topological polar surface area (TPSA) is 52.4 Å². The normalized spacial score (nSPS) is 29.1. The van der Waals surface area contributed by atoms with Crippen molar-refractivity contribution in [2.75, 3.05) is 32.9 Å². The number of hydrogen-bond donors (Lipinski definition) is 0. The van der Waals surface area contributed by atoms with Crippen molar-refractivity contribution in [2.45, 2.75) is 25.1 Å². The highest BCUT2D eigenvalue weighted by molar-refractivity contribution is 7.09. The fourth-order valence-electron chi connectivity index (χ4n) is 3.62. The van der Waals surface area contributed by atoms with Crippen LogP contribution in [0.25, 0.3) is 0 Å². The first-order valence-electron chi connectivity index (χ1n) is 8.10. The molecule has 2 aliphatic rings. The zero-order valence-corrected chi connectivity index (χ0v) is 14.0. The minimum atomic E-state index is -0.160. The fourth-order valence-corrected chi connectivity index (χ4v) is 4.37. The third-order valence-corrected chi connectivity index (χ3v) is 5.47. The number of ether oxygens (including phenoxy) is 2. The minimum Gasteiger partial charge on any atom is -0.377 e. The summed E-state index contributed by atoms with van der Waals surface area (Å²) in [6.45, 7) is 6.10. The quantitative estimate of drug-likeness (QED) is 0.851. The van der Waals surface area contributed by atoms with Crippen LogP contribution in [-0.4, -0.2) is 58.2 Å². The Labute approximate surface area is 140 Å². The van der Waals surface area contributed by atoms with E-state index < -0.39 is 0 Å². The maximum Gasteiger partial charge on any atom is 0.119 e. The molecule has 0 amide bonds. The maximum absolute atomic E-state index is 6.25. The molecule has 0 aromatic carbocycles. The second-order valence-corrected chi connectivity index (χ2v) is 7.60. The van der Waals surface area contributed by atoms with Crippen molar-refractivity contribution in [1.82, 2.24) is 19.7 Å². The lowest BCUT2D eigenvalue weighted by Crippen LogP contribution is -2.43. The Morgan fingerprint density at radius 3 is 3.09 bits per heavy atom. The second kappa shape index (κ2) is 6.68. The molecule has 23 heavy (non-hydrogen) atoms. The minimum absolute atomic E-state index is 0.160. The molecule has 1 spiro atoms. The highest BCUT2D eigenvalue weighted by Gasteiger charge is 2.43. The molecule has 0 N–H and O–H groups in total. The van der Waals surface area contributed by atoms with Gasteiger partial charge in [0.15, 0.2) is 0 Å².